The van der Waals surface area contributed by atoms with Crippen LogP contribution in [0.3, 0.4) is 0 Å². The Morgan fingerprint density at radius 3 is 2.62 bits per heavy atom. The topological polar surface area (TPSA) is 94.6 Å². The Kier molecular flexibility index (Phi) is 5.91. The lowest BCUT2D eigenvalue weighted by Gasteiger charge is -2.25. The van der Waals surface area contributed by atoms with Crippen LogP contribution < -0.4 is 10.4 Å². The van der Waals surface area contributed by atoms with E-state index in [0.717, 1.165) is 35.7 Å². The first-order valence-electron chi connectivity index (χ1n) is 11.5. The monoisotopic (exact) mass is 481 g/mol. The summed E-state index contributed by atoms with van der Waals surface area (Å²) in [5.41, 5.74) is 2.41. The van der Waals surface area contributed by atoms with Crippen LogP contribution in [0.15, 0.2) is 56.6 Å². The smallest absolute Gasteiger partial charge is 0.336 e. The third-order valence-electron chi connectivity index (χ3n) is 6.36. The average molecular weight is 482 g/mol. The van der Waals surface area contributed by atoms with Gasteiger partial charge in [0.15, 0.2) is 0 Å². The van der Waals surface area contributed by atoms with Crippen molar-refractivity contribution in [2.75, 3.05) is 13.1 Å². The van der Waals surface area contributed by atoms with Gasteiger partial charge in [-0.25, -0.2) is 18.2 Å². The Bertz CT molecular complexity index is 1530. The second kappa shape index (κ2) is 8.88. The van der Waals surface area contributed by atoms with E-state index in [-0.39, 0.29) is 11.5 Å². The van der Waals surface area contributed by atoms with Crippen LogP contribution in [0, 0.1) is 6.92 Å². The van der Waals surface area contributed by atoms with Gasteiger partial charge in [-0.05, 0) is 62.6 Å². The fourth-order valence-electron chi connectivity index (χ4n) is 4.58. The highest BCUT2D eigenvalue weighted by Crippen LogP contribution is 2.26. The van der Waals surface area contributed by atoms with E-state index in [1.54, 1.807) is 22.5 Å². The zero-order valence-corrected chi connectivity index (χ0v) is 20.1. The molecule has 0 spiro atoms. The van der Waals surface area contributed by atoms with E-state index in [9.17, 15) is 13.2 Å². The van der Waals surface area contributed by atoms with Gasteiger partial charge in [-0.15, -0.1) is 0 Å². The van der Waals surface area contributed by atoms with Gasteiger partial charge in [0.1, 0.15) is 23.8 Å². The number of benzene rings is 2. The summed E-state index contributed by atoms with van der Waals surface area (Å²) < 4.78 is 41.0. The molecule has 4 aromatic rings. The van der Waals surface area contributed by atoms with Crippen molar-refractivity contribution in [3.05, 3.63) is 64.3 Å². The van der Waals surface area contributed by atoms with E-state index in [4.69, 9.17) is 9.15 Å². The van der Waals surface area contributed by atoms with Gasteiger partial charge >= 0.3 is 5.63 Å². The van der Waals surface area contributed by atoms with Crippen LogP contribution in [0.5, 0.6) is 5.75 Å². The molecule has 5 rings (SSSR count). The number of hydrogen-bond acceptors (Lipinski definition) is 6. The van der Waals surface area contributed by atoms with Crippen LogP contribution in [0.1, 0.15) is 37.6 Å². The predicted octanol–water partition coefficient (Wildman–Crippen LogP) is 4.22. The first-order valence-corrected chi connectivity index (χ1v) is 13.0. The zero-order valence-electron chi connectivity index (χ0n) is 19.3. The molecule has 0 bridgehead atoms. The fourth-order valence-corrected chi connectivity index (χ4v) is 6.12. The molecule has 34 heavy (non-hydrogen) atoms. The van der Waals surface area contributed by atoms with Crippen molar-refractivity contribution < 1.29 is 17.6 Å². The standard InChI is InChI=1S/C25H27N3O5S/c1-3-28-22-10-8-19(34(30,31)27-11-5-4-6-12-27)15-21(22)26-24(28)16-32-18-7-9-20-17(2)13-25(29)33-23(20)14-18/h7-10,13-15H,3-6,11-12,16H2,1-2H3. The first kappa shape index (κ1) is 22.6. The van der Waals surface area contributed by atoms with Crippen molar-refractivity contribution in [1.82, 2.24) is 13.9 Å². The molecule has 8 nitrogen and oxygen atoms in total. The normalized spacial score (nSPS) is 15.2. The van der Waals surface area contributed by atoms with Crippen molar-refractivity contribution in [2.24, 2.45) is 0 Å². The van der Waals surface area contributed by atoms with E-state index in [1.165, 1.54) is 6.07 Å². The lowest BCUT2D eigenvalue weighted by atomic mass is 10.1. The SMILES string of the molecule is CCn1c(COc2ccc3c(C)cc(=O)oc3c2)nc2cc(S(=O)(=O)N3CCCCC3)ccc21. The molecule has 0 N–H and O–H groups in total. The molecule has 2 aromatic carbocycles. The summed E-state index contributed by atoms with van der Waals surface area (Å²) in [5, 5.41) is 0.857. The van der Waals surface area contributed by atoms with Crippen molar-refractivity contribution in [3.8, 4) is 5.75 Å². The summed E-state index contributed by atoms with van der Waals surface area (Å²) in [6.07, 6.45) is 2.86. The lowest BCUT2D eigenvalue weighted by molar-refractivity contribution is 0.290. The molecule has 1 fully saturated rings. The van der Waals surface area contributed by atoms with Crippen molar-refractivity contribution >= 4 is 32.0 Å². The van der Waals surface area contributed by atoms with Gasteiger partial charge < -0.3 is 13.7 Å². The van der Waals surface area contributed by atoms with Crippen LogP contribution in [0.25, 0.3) is 22.0 Å². The zero-order chi connectivity index (χ0) is 23.9. The summed E-state index contributed by atoms with van der Waals surface area (Å²) in [4.78, 5) is 16.7. The Morgan fingerprint density at radius 1 is 1.06 bits per heavy atom. The molecule has 1 aliphatic rings. The average Bonchev–Trinajstić information content (AvgIpc) is 3.19. The molecule has 0 radical (unpaired) electrons. The van der Waals surface area contributed by atoms with Crippen molar-refractivity contribution in [1.29, 1.82) is 0 Å². The molecule has 0 aliphatic carbocycles. The first-order chi connectivity index (χ1) is 16.4. The van der Waals surface area contributed by atoms with E-state index >= 15 is 0 Å². The lowest BCUT2D eigenvalue weighted by Crippen LogP contribution is -2.35. The van der Waals surface area contributed by atoms with Crippen LogP contribution in [-0.2, 0) is 23.2 Å². The molecule has 1 saturated heterocycles. The molecule has 0 unspecified atom stereocenters. The third kappa shape index (κ3) is 4.10. The summed E-state index contributed by atoms with van der Waals surface area (Å²) in [5.74, 6) is 1.25. The van der Waals surface area contributed by atoms with Crippen LogP contribution in [0.2, 0.25) is 0 Å². The number of hydrogen-bond donors (Lipinski definition) is 0. The second-order valence-electron chi connectivity index (χ2n) is 8.58. The number of rotatable bonds is 6. The summed E-state index contributed by atoms with van der Waals surface area (Å²) >= 11 is 0. The third-order valence-corrected chi connectivity index (χ3v) is 8.25. The Hall–Kier alpha value is -3.17. The minimum atomic E-state index is -3.53. The molecule has 0 amide bonds. The number of piperidine rings is 1. The number of ether oxygens (including phenoxy) is 1. The highest BCUT2D eigenvalue weighted by atomic mass is 32.2. The molecule has 0 saturated carbocycles. The maximum Gasteiger partial charge on any atom is 0.336 e. The van der Waals surface area contributed by atoms with E-state index < -0.39 is 15.6 Å². The molecule has 0 atom stereocenters. The van der Waals surface area contributed by atoms with E-state index in [1.807, 2.05) is 36.6 Å². The fraction of sp³-hybridized carbons (Fsp3) is 0.360. The molecular formula is C25H27N3O5S. The minimum absolute atomic E-state index is 0.193. The number of nitrogens with zero attached hydrogens (tertiary/aromatic N) is 3. The van der Waals surface area contributed by atoms with Gasteiger partial charge in [-0.3, -0.25) is 0 Å². The van der Waals surface area contributed by atoms with Gasteiger partial charge in [-0.2, -0.15) is 4.31 Å². The van der Waals surface area contributed by atoms with Gasteiger partial charge in [0.25, 0.3) is 0 Å². The van der Waals surface area contributed by atoms with Gasteiger partial charge in [0.2, 0.25) is 10.0 Å². The maximum atomic E-state index is 13.1. The van der Waals surface area contributed by atoms with Crippen LogP contribution in [0.4, 0.5) is 0 Å². The predicted molar refractivity (Wildman–Crippen MR) is 130 cm³/mol. The van der Waals surface area contributed by atoms with Gasteiger partial charge in [0, 0.05) is 37.2 Å². The van der Waals surface area contributed by atoms with Crippen molar-refractivity contribution in [2.45, 2.75) is 51.2 Å². The Balaban J connectivity index is 1.43. The molecular weight excluding hydrogens is 454 g/mol. The minimum Gasteiger partial charge on any atom is -0.486 e. The number of imidazole rings is 1. The van der Waals surface area contributed by atoms with Crippen LogP contribution in [-0.4, -0.2) is 35.4 Å². The molecule has 3 heterocycles. The van der Waals surface area contributed by atoms with E-state index in [0.29, 0.717) is 42.3 Å². The summed E-state index contributed by atoms with van der Waals surface area (Å²) in [6.45, 7) is 5.86. The summed E-state index contributed by atoms with van der Waals surface area (Å²) in [6, 6.07) is 12.0. The number of aromatic nitrogens is 2. The van der Waals surface area contributed by atoms with Crippen LogP contribution >= 0.6 is 0 Å². The van der Waals surface area contributed by atoms with Crippen molar-refractivity contribution in [3.63, 3.8) is 0 Å². The quantitative estimate of drug-likeness (QED) is 0.383. The number of fused-ring (bicyclic) bond motifs is 2. The molecule has 9 heteroatoms. The summed E-state index contributed by atoms with van der Waals surface area (Å²) in [7, 11) is -3.53. The maximum absolute atomic E-state index is 13.1. The van der Waals surface area contributed by atoms with Gasteiger partial charge in [-0.1, -0.05) is 6.42 Å². The van der Waals surface area contributed by atoms with E-state index in [2.05, 4.69) is 4.98 Å². The highest BCUT2D eigenvalue weighted by molar-refractivity contribution is 7.89. The number of aryl methyl sites for hydroxylation is 2. The molecule has 2 aromatic heterocycles. The molecule has 1 aliphatic heterocycles. The highest BCUT2D eigenvalue weighted by Gasteiger charge is 2.26. The second-order valence-corrected chi connectivity index (χ2v) is 10.5. The van der Waals surface area contributed by atoms with Gasteiger partial charge in [0.05, 0.1) is 15.9 Å². The Labute approximate surface area is 197 Å². The molecule has 178 valence electrons. The largest absolute Gasteiger partial charge is 0.486 e. The number of sulfonamides is 1. The Morgan fingerprint density at radius 2 is 1.85 bits per heavy atom.